The van der Waals surface area contributed by atoms with E-state index in [0.29, 0.717) is 17.3 Å². The van der Waals surface area contributed by atoms with Crippen molar-refractivity contribution in [3.63, 3.8) is 0 Å². The average Bonchev–Trinajstić information content (AvgIpc) is 2.57. The zero-order valence-electron chi connectivity index (χ0n) is 13.3. The molecule has 0 aliphatic heterocycles. The van der Waals surface area contributed by atoms with Gasteiger partial charge < -0.3 is 14.8 Å². The molecule has 0 bridgehead atoms. The van der Waals surface area contributed by atoms with Crippen molar-refractivity contribution < 1.29 is 19.1 Å². The maximum atomic E-state index is 11.8. The normalized spacial score (nSPS) is 10.1. The number of ether oxygens (including phenoxy) is 2. The minimum Gasteiger partial charge on any atom is -0.494 e. The fraction of sp³-hybridized carbons (Fsp3) is 0.222. The second kappa shape index (κ2) is 8.93. The summed E-state index contributed by atoms with van der Waals surface area (Å²) < 4.78 is 10.3. The molecule has 2 aromatic rings. The molecule has 1 amide bonds. The van der Waals surface area contributed by atoms with Crippen LogP contribution in [0.3, 0.4) is 0 Å². The molecule has 0 fully saturated rings. The van der Waals surface area contributed by atoms with Gasteiger partial charge in [0, 0.05) is 10.7 Å². The number of amides is 1. The van der Waals surface area contributed by atoms with Crippen molar-refractivity contribution in [3.8, 4) is 5.75 Å². The molecule has 0 aliphatic rings. The summed E-state index contributed by atoms with van der Waals surface area (Å²) in [5.74, 6) is -0.125. The van der Waals surface area contributed by atoms with E-state index in [4.69, 9.17) is 21.1 Å². The highest BCUT2D eigenvalue weighted by Crippen LogP contribution is 2.14. The lowest BCUT2D eigenvalue weighted by Crippen LogP contribution is -2.21. The van der Waals surface area contributed by atoms with Gasteiger partial charge in [0.25, 0.3) is 5.91 Å². The van der Waals surface area contributed by atoms with Crippen molar-refractivity contribution in [2.45, 2.75) is 13.3 Å². The summed E-state index contributed by atoms with van der Waals surface area (Å²) in [6, 6.07) is 13.8. The number of carbonyl (C=O) groups excluding carboxylic acids is 2. The van der Waals surface area contributed by atoms with Crippen LogP contribution in [0.5, 0.6) is 5.75 Å². The van der Waals surface area contributed by atoms with Gasteiger partial charge in [-0.3, -0.25) is 9.59 Å². The zero-order valence-corrected chi connectivity index (χ0v) is 14.0. The highest BCUT2D eigenvalue weighted by atomic mass is 35.5. The van der Waals surface area contributed by atoms with Gasteiger partial charge in [0.15, 0.2) is 6.61 Å². The molecule has 0 spiro atoms. The molecular formula is C18H18ClNO4. The van der Waals surface area contributed by atoms with Gasteiger partial charge >= 0.3 is 5.97 Å². The molecule has 0 saturated carbocycles. The number of benzene rings is 2. The lowest BCUT2D eigenvalue weighted by atomic mass is 10.1. The Labute approximate surface area is 145 Å². The lowest BCUT2D eigenvalue weighted by molar-refractivity contribution is -0.146. The van der Waals surface area contributed by atoms with Crippen molar-refractivity contribution in [1.29, 1.82) is 0 Å². The molecule has 2 aromatic carbocycles. The van der Waals surface area contributed by atoms with Gasteiger partial charge in [-0.05, 0) is 48.9 Å². The maximum Gasteiger partial charge on any atom is 0.310 e. The standard InChI is InChI=1S/C18H18ClNO4/c1-2-23-16-9-3-13(4-10-16)11-18(22)24-12-17(21)20-15-7-5-14(19)6-8-15/h3-10H,2,11-12H2,1H3,(H,20,21). The second-order valence-corrected chi connectivity index (χ2v) is 5.41. The molecule has 0 radical (unpaired) electrons. The van der Waals surface area contributed by atoms with Gasteiger partial charge in [0.2, 0.25) is 0 Å². The summed E-state index contributed by atoms with van der Waals surface area (Å²) in [6.07, 6.45) is 0.0978. The van der Waals surface area contributed by atoms with Crippen molar-refractivity contribution in [2.75, 3.05) is 18.5 Å². The molecular weight excluding hydrogens is 330 g/mol. The van der Waals surface area contributed by atoms with Crippen LogP contribution < -0.4 is 10.1 Å². The molecule has 0 atom stereocenters. The third kappa shape index (κ3) is 5.93. The van der Waals surface area contributed by atoms with E-state index in [2.05, 4.69) is 5.32 Å². The van der Waals surface area contributed by atoms with Crippen molar-refractivity contribution in [2.24, 2.45) is 0 Å². The third-order valence-electron chi connectivity index (χ3n) is 3.08. The summed E-state index contributed by atoms with van der Waals surface area (Å²) in [6.45, 7) is 2.16. The first-order chi connectivity index (χ1) is 11.6. The smallest absolute Gasteiger partial charge is 0.310 e. The van der Waals surface area contributed by atoms with Crippen LogP contribution in [-0.4, -0.2) is 25.1 Å². The molecule has 6 heteroatoms. The highest BCUT2D eigenvalue weighted by Gasteiger charge is 2.09. The minimum atomic E-state index is -0.467. The van der Waals surface area contributed by atoms with Gasteiger partial charge in [-0.2, -0.15) is 0 Å². The Morgan fingerprint density at radius 2 is 1.71 bits per heavy atom. The van der Waals surface area contributed by atoms with Crippen LogP contribution in [0.4, 0.5) is 5.69 Å². The largest absolute Gasteiger partial charge is 0.494 e. The predicted molar refractivity (Wildman–Crippen MR) is 92.4 cm³/mol. The summed E-state index contributed by atoms with van der Waals surface area (Å²) in [5.41, 5.74) is 1.38. The Morgan fingerprint density at radius 3 is 2.33 bits per heavy atom. The van der Waals surface area contributed by atoms with Gasteiger partial charge in [-0.1, -0.05) is 23.7 Å². The molecule has 126 valence electrons. The molecule has 0 aliphatic carbocycles. The van der Waals surface area contributed by atoms with Crippen LogP contribution in [0.2, 0.25) is 5.02 Å². The van der Waals surface area contributed by atoms with E-state index < -0.39 is 11.9 Å². The number of carbonyl (C=O) groups is 2. The number of nitrogens with one attached hydrogen (secondary N) is 1. The summed E-state index contributed by atoms with van der Waals surface area (Å²) in [4.78, 5) is 23.5. The fourth-order valence-corrected chi connectivity index (χ4v) is 2.09. The predicted octanol–water partition coefficient (Wildman–Crippen LogP) is 3.46. The van der Waals surface area contributed by atoms with Crippen LogP contribution in [0.25, 0.3) is 0 Å². The Hall–Kier alpha value is -2.53. The minimum absolute atomic E-state index is 0.0978. The van der Waals surface area contributed by atoms with E-state index in [1.54, 1.807) is 48.5 Å². The topological polar surface area (TPSA) is 64.6 Å². The summed E-state index contributed by atoms with van der Waals surface area (Å²) in [5, 5.41) is 3.20. The van der Waals surface area contributed by atoms with Crippen LogP contribution in [0.15, 0.2) is 48.5 Å². The Balaban J connectivity index is 1.75. The Kier molecular flexibility index (Phi) is 6.63. The molecule has 24 heavy (non-hydrogen) atoms. The zero-order chi connectivity index (χ0) is 17.4. The van der Waals surface area contributed by atoms with Crippen LogP contribution >= 0.6 is 11.6 Å². The van der Waals surface area contributed by atoms with Crippen LogP contribution in [-0.2, 0) is 20.7 Å². The number of hydrogen-bond acceptors (Lipinski definition) is 4. The van der Waals surface area contributed by atoms with Gasteiger partial charge in [-0.25, -0.2) is 0 Å². The van der Waals surface area contributed by atoms with Gasteiger partial charge in [-0.15, -0.1) is 0 Å². The summed E-state index contributed by atoms with van der Waals surface area (Å²) >= 11 is 5.77. The Morgan fingerprint density at radius 1 is 1.04 bits per heavy atom. The molecule has 1 N–H and O–H groups in total. The number of esters is 1. The first kappa shape index (κ1) is 17.8. The van der Waals surface area contributed by atoms with E-state index in [-0.39, 0.29) is 13.0 Å². The first-order valence-corrected chi connectivity index (χ1v) is 7.87. The average molecular weight is 348 g/mol. The molecule has 0 unspecified atom stereocenters. The monoisotopic (exact) mass is 347 g/mol. The molecule has 0 saturated heterocycles. The van der Waals surface area contributed by atoms with E-state index in [1.807, 2.05) is 6.92 Å². The van der Waals surface area contributed by atoms with E-state index in [1.165, 1.54) is 0 Å². The maximum absolute atomic E-state index is 11.8. The van der Waals surface area contributed by atoms with E-state index >= 15 is 0 Å². The van der Waals surface area contributed by atoms with Crippen molar-refractivity contribution >= 4 is 29.2 Å². The van der Waals surface area contributed by atoms with Crippen molar-refractivity contribution in [3.05, 3.63) is 59.1 Å². The molecule has 0 heterocycles. The third-order valence-corrected chi connectivity index (χ3v) is 3.33. The van der Waals surface area contributed by atoms with Crippen LogP contribution in [0, 0.1) is 0 Å². The van der Waals surface area contributed by atoms with E-state index in [9.17, 15) is 9.59 Å². The van der Waals surface area contributed by atoms with Crippen LogP contribution in [0.1, 0.15) is 12.5 Å². The first-order valence-electron chi connectivity index (χ1n) is 7.49. The molecule has 2 rings (SSSR count). The lowest BCUT2D eigenvalue weighted by Gasteiger charge is -2.07. The number of halogens is 1. The summed E-state index contributed by atoms with van der Waals surface area (Å²) in [7, 11) is 0. The number of rotatable bonds is 7. The quantitative estimate of drug-likeness (QED) is 0.779. The van der Waals surface area contributed by atoms with Crippen molar-refractivity contribution in [1.82, 2.24) is 0 Å². The highest BCUT2D eigenvalue weighted by molar-refractivity contribution is 6.30. The molecule has 0 aromatic heterocycles. The fourth-order valence-electron chi connectivity index (χ4n) is 1.96. The SMILES string of the molecule is CCOc1ccc(CC(=O)OCC(=O)Nc2ccc(Cl)cc2)cc1. The second-order valence-electron chi connectivity index (χ2n) is 4.97. The number of hydrogen-bond donors (Lipinski definition) is 1. The Bertz CT molecular complexity index is 683. The van der Waals surface area contributed by atoms with Gasteiger partial charge in [0.1, 0.15) is 5.75 Å². The molecule has 5 nitrogen and oxygen atoms in total. The van der Waals surface area contributed by atoms with Gasteiger partial charge in [0.05, 0.1) is 13.0 Å². The number of anilines is 1. The van der Waals surface area contributed by atoms with E-state index in [0.717, 1.165) is 11.3 Å².